The van der Waals surface area contributed by atoms with E-state index in [1.54, 1.807) is 0 Å². The van der Waals surface area contributed by atoms with E-state index < -0.39 is 91.5 Å². The zero-order valence-corrected chi connectivity index (χ0v) is 67.9. The van der Waals surface area contributed by atoms with Crippen LogP contribution in [0.3, 0.4) is 0 Å². The predicted octanol–water partition coefficient (Wildman–Crippen LogP) is 24.7. The number of phosphoric acid groups is 2. The highest BCUT2D eigenvalue weighted by Gasteiger charge is 2.29. The molecule has 0 aromatic rings. The van der Waals surface area contributed by atoms with Crippen LogP contribution in [0.2, 0.25) is 0 Å². The van der Waals surface area contributed by atoms with Gasteiger partial charge in [0.2, 0.25) is 0 Å². The maximum atomic E-state index is 13.0. The van der Waals surface area contributed by atoms with Gasteiger partial charge in [-0.2, -0.15) is 0 Å². The molecule has 0 aromatic heterocycles. The van der Waals surface area contributed by atoms with Gasteiger partial charge in [0.25, 0.3) is 0 Å². The molecule has 0 rings (SSSR count). The molecule has 0 aliphatic rings. The Morgan fingerprint density at radius 2 is 0.476 bits per heavy atom. The Morgan fingerprint density at radius 3 is 0.752 bits per heavy atom. The minimum absolute atomic E-state index is 0.0895. The molecule has 0 bridgehead atoms. The fourth-order valence-corrected chi connectivity index (χ4v) is 12.7. The van der Waals surface area contributed by atoms with Crippen LogP contribution >= 0.6 is 15.6 Å². The molecule has 4 N–H and O–H groups in total. The smallest absolute Gasteiger partial charge is 0.463 e. The van der Waals surface area contributed by atoms with Crippen molar-refractivity contribution in [3.8, 4) is 0 Å². The normalized spacial score (nSPS) is 14.6. The van der Waals surface area contributed by atoms with Gasteiger partial charge in [-0.25, -0.2) is 9.13 Å². The first kappa shape index (κ1) is 101. The number of esters is 3. The van der Waals surface area contributed by atoms with E-state index in [-0.39, 0.29) is 19.3 Å². The second kappa shape index (κ2) is 79.2. The summed E-state index contributed by atoms with van der Waals surface area (Å²) in [6, 6.07) is 0. The van der Waals surface area contributed by atoms with Crippen LogP contribution in [0.4, 0.5) is 0 Å². The van der Waals surface area contributed by atoms with Gasteiger partial charge in [-0.3, -0.25) is 32.5 Å². The minimum Gasteiger partial charge on any atom is -0.463 e. The summed E-state index contributed by atoms with van der Waals surface area (Å²) >= 11 is 0. The summed E-state index contributed by atoms with van der Waals surface area (Å²) in [4.78, 5) is 58.7. The lowest BCUT2D eigenvalue weighted by Crippen LogP contribution is -2.30. The third-order valence-electron chi connectivity index (χ3n) is 17.4. The number of allylic oxidation sites excluding steroid dienone is 22. The van der Waals surface area contributed by atoms with E-state index in [1.807, 2.05) is 0 Å². The van der Waals surface area contributed by atoms with Crippen LogP contribution in [0.15, 0.2) is 134 Å². The summed E-state index contributed by atoms with van der Waals surface area (Å²) in [5.41, 5.74) is 0. The first-order valence-electron chi connectivity index (χ1n) is 41.5. The van der Waals surface area contributed by atoms with E-state index in [0.717, 1.165) is 180 Å². The van der Waals surface area contributed by atoms with Gasteiger partial charge in [0.05, 0.1) is 26.4 Å². The molecule has 0 heterocycles. The van der Waals surface area contributed by atoms with Gasteiger partial charge in [-0.15, -0.1) is 0 Å². The van der Waals surface area contributed by atoms with Gasteiger partial charge >= 0.3 is 33.6 Å². The lowest BCUT2D eigenvalue weighted by molar-refractivity contribution is -0.161. The SMILES string of the molecule is CC/C=C\C/C=C\C/C=C\C/C=C\C/C=C\CCCCCCCCCCCCCCCCCCCCCC(=O)OCC(O)COP(=O)(O)OCC(O)COP(=O)(O)OCC(COC(=O)CCCCCCCCC/C=C\C/C=C\C/C=C\CC)OC(=O)CCCCCCCCC/C=C\C/C=C\C/C=C\CC. The maximum absolute atomic E-state index is 13.0. The second-order valence-electron chi connectivity index (χ2n) is 27.5. The van der Waals surface area contributed by atoms with Crippen molar-refractivity contribution < 1.29 is 75.8 Å². The van der Waals surface area contributed by atoms with Crippen molar-refractivity contribution in [2.45, 2.75) is 360 Å². The number of aliphatic hydroxyl groups excluding tert-OH is 2. The van der Waals surface area contributed by atoms with Crippen LogP contribution in [0.25, 0.3) is 0 Å². The van der Waals surface area contributed by atoms with Gasteiger partial charge in [0, 0.05) is 19.3 Å². The van der Waals surface area contributed by atoms with Crippen LogP contribution < -0.4 is 0 Å². The summed E-state index contributed by atoms with van der Waals surface area (Å²) in [6.07, 6.45) is 96.6. The molecule has 0 spiro atoms. The first-order chi connectivity index (χ1) is 51.2. The van der Waals surface area contributed by atoms with Crippen molar-refractivity contribution in [2.75, 3.05) is 39.6 Å². The van der Waals surface area contributed by atoms with E-state index >= 15 is 0 Å². The third kappa shape index (κ3) is 80.5. The molecular weight excluding hydrogens is 1360 g/mol. The van der Waals surface area contributed by atoms with E-state index in [1.165, 1.54) is 103 Å². The first-order valence-corrected chi connectivity index (χ1v) is 44.5. The van der Waals surface area contributed by atoms with Crippen LogP contribution in [-0.2, 0) is 55.8 Å². The van der Waals surface area contributed by atoms with Gasteiger partial charge in [0.15, 0.2) is 6.10 Å². The van der Waals surface area contributed by atoms with Gasteiger partial charge in [0.1, 0.15) is 25.4 Å². The molecule has 105 heavy (non-hydrogen) atoms. The summed E-state index contributed by atoms with van der Waals surface area (Å²) in [5.74, 6) is -1.59. The molecule has 604 valence electrons. The number of aliphatic hydroxyl groups is 2. The molecule has 16 nitrogen and oxygen atoms in total. The number of carbonyl (C=O) groups is 3. The van der Waals surface area contributed by atoms with Crippen LogP contribution in [0.5, 0.6) is 0 Å². The van der Waals surface area contributed by atoms with Gasteiger partial charge in [-0.1, -0.05) is 328 Å². The lowest BCUT2D eigenvalue weighted by Gasteiger charge is -2.21. The maximum Gasteiger partial charge on any atom is 0.472 e. The second-order valence-corrected chi connectivity index (χ2v) is 30.4. The van der Waals surface area contributed by atoms with Gasteiger partial charge in [-0.05, 0) is 128 Å². The topological polar surface area (TPSA) is 231 Å². The molecule has 18 heteroatoms. The van der Waals surface area contributed by atoms with E-state index in [0.29, 0.717) is 19.3 Å². The van der Waals surface area contributed by atoms with Gasteiger partial charge < -0.3 is 34.2 Å². The highest BCUT2D eigenvalue weighted by molar-refractivity contribution is 7.47. The number of carbonyl (C=O) groups excluding carboxylic acids is 3. The van der Waals surface area contributed by atoms with Crippen molar-refractivity contribution in [1.82, 2.24) is 0 Å². The summed E-state index contributed by atoms with van der Waals surface area (Å²) < 4.78 is 61.2. The largest absolute Gasteiger partial charge is 0.472 e. The van der Waals surface area contributed by atoms with E-state index in [9.17, 15) is 43.5 Å². The molecule has 0 amide bonds. The molecular formula is C87H150O16P2. The number of ether oxygens (including phenoxy) is 3. The number of hydrogen-bond acceptors (Lipinski definition) is 14. The Labute approximate surface area is 639 Å². The Balaban J connectivity index is 4.40. The molecule has 0 aliphatic carbocycles. The standard InChI is InChI=1S/C87H150O16P2/c1-4-7-10-13-16-19-22-25-28-31-32-33-34-35-36-37-38-39-40-41-42-43-44-45-46-47-48-51-53-55-58-61-64-67-70-73-85(90)97-76-82(88)77-99-104(93,94)100-78-83(89)79-101-105(95,96)102-81-84(103-87(92)75-72-69-66-63-60-57-54-50-30-27-24-21-18-15-12-9-6-3)80-98-86(91)74-71-68-65-62-59-56-52-49-29-26-23-20-17-14-11-8-5-2/h7-12,16-21,25-30,32-33,35-36,82-84,88-89H,4-6,13-15,22-24,31,34,37-81H2,1-3H3,(H,93,94)(H,95,96)/b10-7-,11-8-,12-9-,19-16-,20-17-,21-18-,28-25-,29-26-,30-27-,33-32-,36-35-. The molecule has 0 fully saturated rings. The average Bonchev–Trinajstić information content (AvgIpc) is 0.911. The summed E-state index contributed by atoms with van der Waals surface area (Å²) in [7, 11) is -9.80. The minimum atomic E-state index is -4.94. The van der Waals surface area contributed by atoms with Crippen molar-refractivity contribution >= 4 is 33.6 Å². The monoisotopic (exact) mass is 1510 g/mol. The Hall–Kier alpha value is -4.31. The zero-order chi connectivity index (χ0) is 76.6. The molecule has 0 radical (unpaired) electrons. The number of hydrogen-bond donors (Lipinski definition) is 4. The van der Waals surface area contributed by atoms with E-state index in [4.69, 9.17) is 32.3 Å². The molecule has 0 saturated heterocycles. The number of rotatable bonds is 78. The zero-order valence-electron chi connectivity index (χ0n) is 66.1. The molecule has 0 aliphatic heterocycles. The van der Waals surface area contributed by atoms with Crippen molar-refractivity contribution in [1.29, 1.82) is 0 Å². The third-order valence-corrected chi connectivity index (χ3v) is 19.3. The van der Waals surface area contributed by atoms with Crippen LogP contribution in [0, 0.1) is 0 Å². The van der Waals surface area contributed by atoms with Crippen molar-refractivity contribution in [2.24, 2.45) is 0 Å². The average molecular weight is 1510 g/mol. The van der Waals surface area contributed by atoms with Crippen molar-refractivity contribution in [3.63, 3.8) is 0 Å². The fraction of sp³-hybridized carbons (Fsp3) is 0.713. The van der Waals surface area contributed by atoms with E-state index in [2.05, 4.69) is 154 Å². The Bertz CT molecular complexity index is 2440. The molecule has 5 unspecified atom stereocenters. The van der Waals surface area contributed by atoms with Crippen LogP contribution in [-0.4, -0.2) is 95.9 Å². The number of phosphoric ester groups is 2. The highest BCUT2D eigenvalue weighted by Crippen LogP contribution is 2.45. The predicted molar refractivity (Wildman–Crippen MR) is 436 cm³/mol. The molecule has 0 aromatic carbocycles. The van der Waals surface area contributed by atoms with Crippen molar-refractivity contribution in [3.05, 3.63) is 134 Å². The Kier molecular flexibility index (Phi) is 76.0. The molecule has 0 saturated carbocycles. The highest BCUT2D eigenvalue weighted by atomic mass is 31.2. The molecule has 5 atom stereocenters. The summed E-state index contributed by atoms with van der Waals surface area (Å²) in [5, 5.41) is 20.7. The van der Waals surface area contributed by atoms with Crippen LogP contribution in [0.1, 0.15) is 342 Å². The quantitative estimate of drug-likeness (QED) is 0.0146. The Morgan fingerprint density at radius 1 is 0.267 bits per heavy atom. The fourth-order valence-electron chi connectivity index (χ4n) is 11.2. The number of unbranched alkanes of at least 4 members (excludes halogenated alkanes) is 33. The lowest BCUT2D eigenvalue weighted by atomic mass is 10.0. The summed E-state index contributed by atoms with van der Waals surface area (Å²) in [6.45, 7) is 2.35.